The van der Waals surface area contributed by atoms with Crippen molar-refractivity contribution in [3.63, 3.8) is 0 Å². The average Bonchev–Trinajstić information content (AvgIpc) is 3.00. The molecule has 6 N–H and O–H groups in total. The number of phenols is 1. The smallest absolute Gasteiger partial charge is 0.254 e. The summed E-state index contributed by atoms with van der Waals surface area (Å²) in [6.45, 7) is 8.76. The minimum Gasteiger partial charge on any atom is -0.506 e. The minimum atomic E-state index is -1.18. The van der Waals surface area contributed by atoms with Crippen LogP contribution in [0.1, 0.15) is 69.3 Å². The molecule has 0 saturated carbocycles. The van der Waals surface area contributed by atoms with Gasteiger partial charge in [0.25, 0.3) is 5.91 Å². The summed E-state index contributed by atoms with van der Waals surface area (Å²) in [4.78, 5) is 67.1. The number of carbonyl (C=O) groups is 5. The molecule has 2 aromatic rings. The van der Waals surface area contributed by atoms with Gasteiger partial charge < -0.3 is 36.4 Å². The van der Waals surface area contributed by atoms with Gasteiger partial charge in [-0.05, 0) is 48.1 Å². The maximum atomic E-state index is 13.9. The molecular weight excluding hydrogens is 566 g/mol. The van der Waals surface area contributed by atoms with Crippen LogP contribution >= 0.6 is 0 Å². The van der Waals surface area contributed by atoms with E-state index in [0.717, 1.165) is 0 Å². The third-order valence-electron chi connectivity index (χ3n) is 7.82. The van der Waals surface area contributed by atoms with E-state index < -0.39 is 60.1 Å². The first-order valence-corrected chi connectivity index (χ1v) is 14.8. The van der Waals surface area contributed by atoms with Gasteiger partial charge >= 0.3 is 0 Å². The standard InChI is InChI=1S/C32H43N5O7/c1-7-18(4)26-31(42)36-27(19(5)20-11-13-21(44-6)14-12-20)32(43)37-28-22(9-8-10-24(28)38)29(40)34-23(15-17(2)3)30(41)33-16-25(39)35-26/h8-14,17-19,23,26-27,38H,7,15-16H2,1-6H3,(H,33,41)(H,34,40)(H,35,39)(H,36,42)(H,37,43)/t18-,19-,23+,26-,27+/m1/s1. The van der Waals surface area contributed by atoms with Gasteiger partial charge in [0.1, 0.15) is 29.6 Å². The maximum absolute atomic E-state index is 13.9. The molecule has 0 radical (unpaired) electrons. The van der Waals surface area contributed by atoms with Crippen molar-refractivity contribution < 1.29 is 33.8 Å². The highest BCUT2D eigenvalue weighted by Crippen LogP contribution is 2.30. The van der Waals surface area contributed by atoms with Crippen molar-refractivity contribution in [2.75, 3.05) is 19.0 Å². The molecule has 5 amide bonds. The van der Waals surface area contributed by atoms with Crippen LogP contribution in [0.2, 0.25) is 0 Å². The number of fused-ring (bicyclic) bond motifs is 1. The first-order chi connectivity index (χ1) is 20.9. The van der Waals surface area contributed by atoms with Crippen molar-refractivity contribution in [1.82, 2.24) is 21.3 Å². The van der Waals surface area contributed by atoms with Crippen LogP contribution in [-0.4, -0.2) is 66.4 Å². The summed E-state index contributed by atoms with van der Waals surface area (Å²) in [7, 11) is 1.54. The molecule has 5 atom stereocenters. The number of nitrogens with one attached hydrogen (secondary N) is 5. The molecule has 44 heavy (non-hydrogen) atoms. The summed E-state index contributed by atoms with van der Waals surface area (Å²) in [5.74, 6) is -3.85. The summed E-state index contributed by atoms with van der Waals surface area (Å²) < 4.78 is 5.25. The molecule has 0 aromatic heterocycles. The van der Waals surface area contributed by atoms with E-state index in [2.05, 4.69) is 26.6 Å². The number of hydrogen-bond donors (Lipinski definition) is 6. The van der Waals surface area contributed by atoms with E-state index >= 15 is 0 Å². The number of ether oxygens (including phenoxy) is 1. The molecule has 1 heterocycles. The molecule has 12 nitrogen and oxygen atoms in total. The maximum Gasteiger partial charge on any atom is 0.254 e. The van der Waals surface area contributed by atoms with Crippen LogP contribution in [-0.2, 0) is 19.2 Å². The third-order valence-corrected chi connectivity index (χ3v) is 7.82. The fourth-order valence-electron chi connectivity index (χ4n) is 4.98. The van der Waals surface area contributed by atoms with Gasteiger partial charge in [0.05, 0.1) is 24.9 Å². The average molecular weight is 610 g/mol. The SMILES string of the molecule is CC[C@@H](C)[C@H]1NC(=O)CNC(=O)[C@H](CC(C)C)NC(=O)c2cccc(O)c2NC(=O)[C@H]([C@H](C)c2ccc(OC)cc2)NC1=O. The van der Waals surface area contributed by atoms with Gasteiger partial charge in [0, 0.05) is 5.92 Å². The number of benzene rings is 2. The van der Waals surface area contributed by atoms with Crippen LogP contribution in [0.25, 0.3) is 0 Å². The zero-order valence-electron chi connectivity index (χ0n) is 26.0. The highest BCUT2D eigenvalue weighted by Gasteiger charge is 2.35. The van der Waals surface area contributed by atoms with Crippen LogP contribution in [0.5, 0.6) is 11.5 Å². The number of methoxy groups -OCH3 is 1. The molecule has 238 valence electrons. The highest BCUT2D eigenvalue weighted by molar-refractivity contribution is 6.08. The Labute approximate surface area is 257 Å². The van der Waals surface area contributed by atoms with E-state index in [1.165, 1.54) is 25.3 Å². The van der Waals surface area contributed by atoms with E-state index in [4.69, 9.17) is 4.74 Å². The van der Waals surface area contributed by atoms with E-state index in [9.17, 15) is 29.1 Å². The number of rotatable bonds is 7. The lowest BCUT2D eigenvalue weighted by Crippen LogP contribution is -2.57. The largest absolute Gasteiger partial charge is 0.506 e. The summed E-state index contributed by atoms with van der Waals surface area (Å²) in [6, 6.07) is 7.97. The van der Waals surface area contributed by atoms with Gasteiger partial charge in [-0.15, -0.1) is 0 Å². The molecule has 1 aliphatic heterocycles. The topological polar surface area (TPSA) is 175 Å². The van der Waals surface area contributed by atoms with Crippen LogP contribution < -0.4 is 31.3 Å². The predicted octanol–water partition coefficient (Wildman–Crippen LogP) is 2.43. The molecule has 0 bridgehead atoms. The monoisotopic (exact) mass is 609 g/mol. The lowest BCUT2D eigenvalue weighted by Gasteiger charge is -2.30. The molecule has 12 heteroatoms. The molecule has 2 aromatic carbocycles. The predicted molar refractivity (Wildman–Crippen MR) is 165 cm³/mol. The highest BCUT2D eigenvalue weighted by atomic mass is 16.5. The Hall–Kier alpha value is -4.61. The number of hydrogen-bond acceptors (Lipinski definition) is 7. The molecular formula is C32H43N5O7. The van der Waals surface area contributed by atoms with Gasteiger partial charge in [-0.2, -0.15) is 0 Å². The normalized spacial score (nSPS) is 21.6. The second kappa shape index (κ2) is 15.2. The quantitative estimate of drug-likeness (QED) is 0.261. The Morgan fingerprint density at radius 2 is 1.55 bits per heavy atom. The number of anilines is 1. The summed E-state index contributed by atoms with van der Waals surface area (Å²) in [5, 5.41) is 24.1. The summed E-state index contributed by atoms with van der Waals surface area (Å²) in [6.07, 6.45) is 0.804. The first kappa shape index (κ1) is 33.9. The van der Waals surface area contributed by atoms with Crippen molar-refractivity contribution in [1.29, 1.82) is 0 Å². The summed E-state index contributed by atoms with van der Waals surface area (Å²) >= 11 is 0. The molecule has 3 rings (SSSR count). The molecule has 0 saturated heterocycles. The second-order valence-corrected chi connectivity index (χ2v) is 11.5. The molecule has 0 unspecified atom stereocenters. The van der Waals surface area contributed by atoms with Crippen LogP contribution in [0.15, 0.2) is 42.5 Å². The Morgan fingerprint density at radius 3 is 2.16 bits per heavy atom. The van der Waals surface area contributed by atoms with Crippen molar-refractivity contribution in [3.05, 3.63) is 53.6 Å². The Bertz CT molecular complexity index is 1360. The fourth-order valence-corrected chi connectivity index (χ4v) is 4.98. The zero-order chi connectivity index (χ0) is 32.6. The molecule has 0 fully saturated rings. The Kier molecular flexibility index (Phi) is 11.7. The number of phenolic OH excluding ortho intramolecular Hbond substituents is 1. The summed E-state index contributed by atoms with van der Waals surface area (Å²) in [5.41, 5.74) is 0.461. The van der Waals surface area contributed by atoms with Crippen molar-refractivity contribution >= 4 is 35.2 Å². The van der Waals surface area contributed by atoms with Gasteiger partial charge in [-0.3, -0.25) is 24.0 Å². The van der Waals surface area contributed by atoms with E-state index in [-0.39, 0.29) is 35.3 Å². The lowest BCUT2D eigenvalue weighted by molar-refractivity contribution is -0.133. The Balaban J connectivity index is 2.11. The first-order valence-electron chi connectivity index (χ1n) is 14.8. The van der Waals surface area contributed by atoms with Crippen LogP contribution in [0.4, 0.5) is 5.69 Å². The number of amides is 5. The fraction of sp³-hybridized carbons (Fsp3) is 0.469. The molecule has 1 aliphatic rings. The van der Waals surface area contributed by atoms with Crippen molar-refractivity contribution in [3.8, 4) is 11.5 Å². The van der Waals surface area contributed by atoms with Crippen molar-refractivity contribution in [2.24, 2.45) is 11.8 Å². The second-order valence-electron chi connectivity index (χ2n) is 11.5. The molecule has 0 aliphatic carbocycles. The number of para-hydroxylation sites is 1. The van der Waals surface area contributed by atoms with E-state index in [0.29, 0.717) is 17.7 Å². The number of carbonyl (C=O) groups excluding carboxylic acids is 5. The van der Waals surface area contributed by atoms with E-state index in [1.807, 2.05) is 20.8 Å². The van der Waals surface area contributed by atoms with Gasteiger partial charge in [0.15, 0.2) is 0 Å². The van der Waals surface area contributed by atoms with Crippen LogP contribution in [0.3, 0.4) is 0 Å². The number of aromatic hydroxyl groups is 1. The zero-order valence-corrected chi connectivity index (χ0v) is 26.0. The van der Waals surface area contributed by atoms with Gasteiger partial charge in [0.2, 0.25) is 23.6 Å². The molecule has 0 spiro atoms. The minimum absolute atomic E-state index is 0.00695. The van der Waals surface area contributed by atoms with Gasteiger partial charge in [-0.1, -0.05) is 59.2 Å². The Morgan fingerprint density at radius 1 is 0.864 bits per heavy atom. The van der Waals surface area contributed by atoms with Crippen molar-refractivity contribution in [2.45, 2.75) is 71.5 Å². The lowest BCUT2D eigenvalue weighted by atomic mass is 9.91. The third kappa shape index (κ3) is 8.48. The van der Waals surface area contributed by atoms with Gasteiger partial charge in [-0.25, -0.2) is 0 Å². The van der Waals surface area contributed by atoms with E-state index in [1.54, 1.807) is 38.1 Å². The van der Waals surface area contributed by atoms with Crippen LogP contribution in [0, 0.1) is 11.8 Å².